The molecule has 0 radical (unpaired) electrons. The zero-order valence-corrected chi connectivity index (χ0v) is 9.52. The van der Waals surface area contributed by atoms with Crippen molar-refractivity contribution in [2.75, 3.05) is 12.4 Å². The molecule has 5 nitrogen and oxygen atoms in total. The fourth-order valence-electron chi connectivity index (χ4n) is 1.39. The smallest absolute Gasteiger partial charge is 0.180 e. The van der Waals surface area contributed by atoms with E-state index in [-0.39, 0.29) is 0 Å². The summed E-state index contributed by atoms with van der Waals surface area (Å²) in [5.74, 6) is 2.13. The van der Waals surface area contributed by atoms with Crippen LogP contribution in [0.2, 0.25) is 0 Å². The van der Waals surface area contributed by atoms with Crippen LogP contribution in [0.4, 0.5) is 5.82 Å². The van der Waals surface area contributed by atoms with Gasteiger partial charge in [-0.05, 0) is 19.9 Å². The van der Waals surface area contributed by atoms with E-state index in [0.717, 1.165) is 17.2 Å². The molecule has 0 bridgehead atoms. The highest BCUT2D eigenvalue weighted by Crippen LogP contribution is 2.14. The van der Waals surface area contributed by atoms with Gasteiger partial charge >= 0.3 is 0 Å². The van der Waals surface area contributed by atoms with E-state index in [1.165, 1.54) is 0 Å². The Morgan fingerprint density at radius 1 is 1.12 bits per heavy atom. The molecule has 0 amide bonds. The van der Waals surface area contributed by atoms with Crippen LogP contribution in [0.25, 0.3) is 11.5 Å². The Bertz CT molecular complexity index is 509. The van der Waals surface area contributed by atoms with E-state index >= 15 is 0 Å². The van der Waals surface area contributed by atoms with Crippen LogP contribution >= 0.6 is 0 Å². The molecule has 0 aliphatic heterocycles. The molecule has 0 unspecified atom stereocenters. The predicted octanol–water partition coefficient (Wildman–Crippen LogP) is 1.59. The highest BCUT2D eigenvalue weighted by atomic mass is 15.0. The van der Waals surface area contributed by atoms with Crippen molar-refractivity contribution in [2.45, 2.75) is 13.8 Å². The van der Waals surface area contributed by atoms with Gasteiger partial charge in [-0.2, -0.15) is 0 Å². The fraction of sp³-hybridized carbons (Fsp3) is 0.273. The van der Waals surface area contributed by atoms with Crippen LogP contribution in [0.3, 0.4) is 0 Å². The summed E-state index contributed by atoms with van der Waals surface area (Å²) >= 11 is 0. The van der Waals surface area contributed by atoms with Crippen molar-refractivity contribution in [1.82, 2.24) is 19.9 Å². The lowest BCUT2D eigenvalue weighted by Gasteiger charge is -2.04. The Morgan fingerprint density at radius 2 is 1.94 bits per heavy atom. The molecular weight excluding hydrogens is 202 g/mol. The number of nitrogens with one attached hydrogen (secondary N) is 1. The lowest BCUT2D eigenvalue weighted by Crippen LogP contribution is -2.00. The van der Waals surface area contributed by atoms with Crippen molar-refractivity contribution in [3.8, 4) is 11.5 Å². The number of hydrogen-bond donors (Lipinski definition) is 1. The Labute approximate surface area is 94.0 Å². The second-order valence-corrected chi connectivity index (χ2v) is 3.46. The molecule has 2 aromatic rings. The molecule has 0 saturated heterocycles. The molecule has 1 N–H and O–H groups in total. The van der Waals surface area contributed by atoms with E-state index < -0.39 is 0 Å². The maximum Gasteiger partial charge on any atom is 0.180 e. The van der Waals surface area contributed by atoms with Crippen molar-refractivity contribution in [2.24, 2.45) is 0 Å². The van der Waals surface area contributed by atoms with E-state index in [1.54, 1.807) is 12.3 Å². The SMILES string of the molecule is CNc1cc(C)nc(-c2ccnc(C)n2)n1. The zero-order valence-electron chi connectivity index (χ0n) is 9.52. The minimum atomic E-state index is 0.620. The molecule has 0 aliphatic rings. The predicted molar refractivity (Wildman–Crippen MR) is 62.1 cm³/mol. The third-order valence-electron chi connectivity index (χ3n) is 2.12. The van der Waals surface area contributed by atoms with Gasteiger partial charge in [-0.1, -0.05) is 0 Å². The molecule has 2 aromatic heterocycles. The van der Waals surface area contributed by atoms with E-state index in [9.17, 15) is 0 Å². The van der Waals surface area contributed by atoms with Gasteiger partial charge in [0.2, 0.25) is 0 Å². The molecule has 0 saturated carbocycles. The van der Waals surface area contributed by atoms with Gasteiger partial charge in [0.1, 0.15) is 17.3 Å². The van der Waals surface area contributed by atoms with Crippen molar-refractivity contribution < 1.29 is 0 Å². The van der Waals surface area contributed by atoms with Gasteiger partial charge in [-0.3, -0.25) is 0 Å². The summed E-state index contributed by atoms with van der Waals surface area (Å²) in [6, 6.07) is 3.69. The maximum atomic E-state index is 4.35. The van der Waals surface area contributed by atoms with Gasteiger partial charge in [0.25, 0.3) is 0 Å². The van der Waals surface area contributed by atoms with E-state index in [0.29, 0.717) is 11.6 Å². The normalized spacial score (nSPS) is 10.2. The third-order valence-corrected chi connectivity index (χ3v) is 2.12. The lowest BCUT2D eigenvalue weighted by molar-refractivity contribution is 1.02. The largest absolute Gasteiger partial charge is 0.373 e. The first-order chi connectivity index (χ1) is 7.69. The van der Waals surface area contributed by atoms with E-state index in [2.05, 4.69) is 25.3 Å². The first-order valence-electron chi connectivity index (χ1n) is 5.02. The molecule has 0 atom stereocenters. The quantitative estimate of drug-likeness (QED) is 0.824. The Morgan fingerprint density at radius 3 is 2.62 bits per heavy atom. The molecule has 2 heterocycles. The molecule has 5 heteroatoms. The average Bonchev–Trinajstić information content (AvgIpc) is 2.28. The van der Waals surface area contributed by atoms with Crippen molar-refractivity contribution >= 4 is 5.82 Å². The number of rotatable bonds is 2. The maximum absolute atomic E-state index is 4.35. The number of aryl methyl sites for hydroxylation is 2. The van der Waals surface area contributed by atoms with Crippen molar-refractivity contribution in [1.29, 1.82) is 0 Å². The van der Waals surface area contributed by atoms with Crippen LogP contribution in [0.1, 0.15) is 11.5 Å². The monoisotopic (exact) mass is 215 g/mol. The van der Waals surface area contributed by atoms with Gasteiger partial charge in [-0.25, -0.2) is 19.9 Å². The number of anilines is 1. The first kappa shape index (κ1) is 10.5. The fourth-order valence-corrected chi connectivity index (χ4v) is 1.39. The Hall–Kier alpha value is -2.04. The molecule has 16 heavy (non-hydrogen) atoms. The molecular formula is C11H13N5. The zero-order chi connectivity index (χ0) is 11.5. The molecule has 82 valence electrons. The standard InChI is InChI=1S/C11H13N5/c1-7-6-10(12-3)16-11(14-7)9-4-5-13-8(2)15-9/h4-6H,1-3H3,(H,12,14,16). The minimum Gasteiger partial charge on any atom is -0.373 e. The van der Waals surface area contributed by atoms with Crippen molar-refractivity contribution in [3.05, 3.63) is 29.8 Å². The van der Waals surface area contributed by atoms with Gasteiger partial charge in [-0.15, -0.1) is 0 Å². The number of hydrogen-bond acceptors (Lipinski definition) is 5. The second-order valence-electron chi connectivity index (χ2n) is 3.46. The van der Waals surface area contributed by atoms with Crippen LogP contribution in [-0.4, -0.2) is 27.0 Å². The Balaban J connectivity index is 2.51. The van der Waals surface area contributed by atoms with Crippen LogP contribution < -0.4 is 5.32 Å². The van der Waals surface area contributed by atoms with Crippen LogP contribution in [0.15, 0.2) is 18.3 Å². The van der Waals surface area contributed by atoms with Crippen LogP contribution in [0, 0.1) is 13.8 Å². The average molecular weight is 215 g/mol. The van der Waals surface area contributed by atoms with Gasteiger partial charge < -0.3 is 5.32 Å². The lowest BCUT2D eigenvalue weighted by atomic mass is 10.3. The topological polar surface area (TPSA) is 63.6 Å². The summed E-state index contributed by atoms with van der Waals surface area (Å²) in [6.45, 7) is 3.78. The van der Waals surface area contributed by atoms with Crippen LogP contribution in [-0.2, 0) is 0 Å². The molecule has 2 rings (SSSR count). The Kier molecular flexibility index (Phi) is 2.76. The van der Waals surface area contributed by atoms with Crippen molar-refractivity contribution in [3.63, 3.8) is 0 Å². The van der Waals surface area contributed by atoms with Gasteiger partial charge in [0.15, 0.2) is 5.82 Å². The second kappa shape index (κ2) is 4.22. The highest BCUT2D eigenvalue weighted by Gasteiger charge is 2.05. The number of nitrogens with zero attached hydrogens (tertiary/aromatic N) is 4. The number of aromatic nitrogens is 4. The molecule has 0 spiro atoms. The molecule has 0 aliphatic carbocycles. The first-order valence-corrected chi connectivity index (χ1v) is 5.02. The minimum absolute atomic E-state index is 0.620. The highest BCUT2D eigenvalue weighted by molar-refractivity contribution is 5.52. The summed E-state index contributed by atoms with van der Waals surface area (Å²) in [6.07, 6.45) is 1.71. The van der Waals surface area contributed by atoms with Crippen LogP contribution in [0.5, 0.6) is 0 Å². The summed E-state index contributed by atoms with van der Waals surface area (Å²) in [7, 11) is 1.83. The molecule has 0 fully saturated rings. The van der Waals surface area contributed by atoms with Gasteiger partial charge in [0, 0.05) is 25.0 Å². The summed E-state index contributed by atoms with van der Waals surface area (Å²) < 4.78 is 0. The van der Waals surface area contributed by atoms with Gasteiger partial charge in [0.05, 0.1) is 0 Å². The summed E-state index contributed by atoms with van der Waals surface area (Å²) in [5, 5.41) is 3.00. The van der Waals surface area contributed by atoms with E-state index in [4.69, 9.17) is 0 Å². The molecule has 0 aromatic carbocycles. The third kappa shape index (κ3) is 2.13. The summed E-state index contributed by atoms with van der Waals surface area (Å²) in [4.78, 5) is 17.0. The summed E-state index contributed by atoms with van der Waals surface area (Å²) in [5.41, 5.74) is 1.65. The van der Waals surface area contributed by atoms with E-state index in [1.807, 2.05) is 27.0 Å².